The van der Waals surface area contributed by atoms with E-state index < -0.39 is 16.4 Å². The van der Waals surface area contributed by atoms with Gasteiger partial charge >= 0.3 is 5.69 Å². The minimum atomic E-state index is -0.858. The van der Waals surface area contributed by atoms with Crippen molar-refractivity contribution in [2.45, 2.75) is 39.0 Å². The number of rotatable bonds is 8. The Kier molecular flexibility index (Phi) is 6.11. The number of benzene rings is 1. The van der Waals surface area contributed by atoms with Crippen molar-refractivity contribution in [1.29, 1.82) is 0 Å². The van der Waals surface area contributed by atoms with E-state index in [-0.39, 0.29) is 0 Å². The second kappa shape index (κ2) is 7.63. The highest BCUT2D eigenvalue weighted by molar-refractivity contribution is 5.37. The molecule has 1 aromatic rings. The highest BCUT2D eigenvalue weighted by Gasteiger charge is 2.13. The Morgan fingerprint density at radius 1 is 1.28 bits per heavy atom. The first-order chi connectivity index (χ1) is 8.65. The first-order valence-electron chi connectivity index (χ1n) is 6.22. The van der Waals surface area contributed by atoms with Crippen LogP contribution in [0.4, 0.5) is 10.1 Å². The topological polar surface area (TPSA) is 52.4 Å². The molecule has 0 saturated carbocycles. The van der Waals surface area contributed by atoms with Gasteiger partial charge in [-0.05, 0) is 12.5 Å². The Bertz CT molecular complexity index is 396. The minimum Gasteiger partial charge on any atom is -0.493 e. The molecule has 1 rings (SSSR count). The van der Waals surface area contributed by atoms with E-state index in [1.54, 1.807) is 0 Å². The zero-order valence-corrected chi connectivity index (χ0v) is 10.5. The van der Waals surface area contributed by atoms with Crippen molar-refractivity contribution < 1.29 is 14.1 Å². The predicted octanol–water partition coefficient (Wildman–Crippen LogP) is 4.08. The Balaban J connectivity index is 2.35. The Labute approximate surface area is 106 Å². The molecule has 0 aliphatic heterocycles. The molecule has 0 radical (unpaired) electrons. The Morgan fingerprint density at radius 2 is 2.00 bits per heavy atom. The van der Waals surface area contributed by atoms with E-state index in [1.165, 1.54) is 25.3 Å². The molecule has 0 bridgehead atoms. The third-order valence-electron chi connectivity index (χ3n) is 2.63. The number of nitro groups is 1. The van der Waals surface area contributed by atoms with E-state index in [0.717, 1.165) is 25.0 Å². The molecule has 0 atom stereocenters. The van der Waals surface area contributed by atoms with Crippen molar-refractivity contribution in [3.8, 4) is 5.75 Å². The third kappa shape index (κ3) is 4.69. The maximum Gasteiger partial charge on any atom is 0.305 e. The van der Waals surface area contributed by atoms with Crippen LogP contribution in [-0.4, -0.2) is 11.5 Å². The maximum absolute atomic E-state index is 13.3. The first kappa shape index (κ1) is 14.4. The first-order valence-corrected chi connectivity index (χ1v) is 6.22. The van der Waals surface area contributed by atoms with Crippen molar-refractivity contribution in [2.24, 2.45) is 0 Å². The number of ether oxygens (including phenoxy) is 1. The number of nitro benzene ring substituents is 1. The van der Waals surface area contributed by atoms with Gasteiger partial charge in [0, 0.05) is 12.1 Å². The summed E-state index contributed by atoms with van der Waals surface area (Å²) >= 11 is 0. The van der Waals surface area contributed by atoms with Gasteiger partial charge in [0.05, 0.1) is 11.5 Å². The summed E-state index contributed by atoms with van der Waals surface area (Å²) in [4.78, 5) is 9.67. The van der Waals surface area contributed by atoms with Crippen molar-refractivity contribution in [3.63, 3.8) is 0 Å². The molecule has 0 amide bonds. The Hall–Kier alpha value is -1.65. The second-order valence-corrected chi connectivity index (χ2v) is 4.13. The average Bonchev–Trinajstić information content (AvgIpc) is 2.33. The molecular weight excluding hydrogens is 237 g/mol. The van der Waals surface area contributed by atoms with Gasteiger partial charge in [0.1, 0.15) is 5.75 Å². The minimum absolute atomic E-state index is 0.341. The van der Waals surface area contributed by atoms with E-state index in [0.29, 0.717) is 12.4 Å². The highest BCUT2D eigenvalue weighted by Crippen LogP contribution is 2.22. The Morgan fingerprint density at radius 3 is 2.61 bits per heavy atom. The molecule has 0 saturated heterocycles. The normalized spacial score (nSPS) is 10.3. The van der Waals surface area contributed by atoms with Gasteiger partial charge < -0.3 is 4.74 Å². The van der Waals surface area contributed by atoms with Crippen molar-refractivity contribution in [2.75, 3.05) is 6.61 Å². The highest BCUT2D eigenvalue weighted by atomic mass is 19.1. The second-order valence-electron chi connectivity index (χ2n) is 4.13. The van der Waals surface area contributed by atoms with E-state index >= 15 is 0 Å². The summed E-state index contributed by atoms with van der Waals surface area (Å²) in [7, 11) is 0. The summed E-state index contributed by atoms with van der Waals surface area (Å²) in [5.74, 6) is -0.517. The fourth-order valence-corrected chi connectivity index (χ4v) is 1.62. The average molecular weight is 255 g/mol. The standard InChI is InChI=1S/C13H18FNO3/c1-2-3-4-5-6-9-18-11-7-8-13(15(16)17)12(14)10-11/h7-8,10H,2-6,9H2,1H3. The van der Waals surface area contributed by atoms with Crippen LogP contribution in [0.1, 0.15) is 39.0 Å². The summed E-state index contributed by atoms with van der Waals surface area (Å²) in [5.41, 5.74) is -0.523. The van der Waals surface area contributed by atoms with Gasteiger partial charge in [-0.3, -0.25) is 10.1 Å². The molecule has 0 aliphatic rings. The molecule has 0 aromatic heterocycles. The van der Waals surface area contributed by atoms with Crippen LogP contribution in [0.15, 0.2) is 18.2 Å². The van der Waals surface area contributed by atoms with Crippen LogP contribution in [0.5, 0.6) is 5.75 Å². The van der Waals surface area contributed by atoms with Gasteiger partial charge in [-0.15, -0.1) is 0 Å². The van der Waals surface area contributed by atoms with Crippen LogP contribution in [-0.2, 0) is 0 Å². The summed E-state index contributed by atoms with van der Waals surface area (Å²) in [6.45, 7) is 2.66. The van der Waals surface area contributed by atoms with E-state index in [9.17, 15) is 14.5 Å². The van der Waals surface area contributed by atoms with Gasteiger partial charge in [-0.2, -0.15) is 4.39 Å². The van der Waals surface area contributed by atoms with E-state index in [4.69, 9.17) is 4.74 Å². The fraction of sp³-hybridized carbons (Fsp3) is 0.538. The molecule has 5 heteroatoms. The number of nitrogens with zero attached hydrogens (tertiary/aromatic N) is 1. The van der Waals surface area contributed by atoms with Crippen LogP contribution in [0.2, 0.25) is 0 Å². The van der Waals surface area contributed by atoms with Crippen molar-refractivity contribution in [1.82, 2.24) is 0 Å². The van der Waals surface area contributed by atoms with Crippen LogP contribution < -0.4 is 4.74 Å². The lowest BCUT2D eigenvalue weighted by atomic mass is 10.2. The van der Waals surface area contributed by atoms with Gasteiger partial charge in [0.2, 0.25) is 5.82 Å². The molecule has 0 unspecified atom stereocenters. The van der Waals surface area contributed by atoms with Crippen LogP contribution in [0.3, 0.4) is 0 Å². The molecule has 18 heavy (non-hydrogen) atoms. The summed E-state index contributed by atoms with van der Waals surface area (Å²) < 4.78 is 18.6. The van der Waals surface area contributed by atoms with Gasteiger partial charge in [0.15, 0.2) is 0 Å². The summed E-state index contributed by atoms with van der Waals surface area (Å²) in [6, 6.07) is 3.61. The van der Waals surface area contributed by atoms with E-state index in [2.05, 4.69) is 6.92 Å². The number of hydrogen-bond donors (Lipinski definition) is 0. The largest absolute Gasteiger partial charge is 0.493 e. The molecule has 0 heterocycles. The summed E-state index contributed by atoms with van der Waals surface area (Å²) in [6.07, 6.45) is 5.58. The fourth-order valence-electron chi connectivity index (χ4n) is 1.62. The predicted molar refractivity (Wildman–Crippen MR) is 67.3 cm³/mol. The third-order valence-corrected chi connectivity index (χ3v) is 2.63. The lowest BCUT2D eigenvalue weighted by Crippen LogP contribution is -1.99. The van der Waals surface area contributed by atoms with E-state index in [1.807, 2.05) is 0 Å². The SMILES string of the molecule is CCCCCCCOc1ccc([N+](=O)[O-])c(F)c1. The summed E-state index contributed by atoms with van der Waals surface area (Å²) in [5, 5.41) is 10.4. The van der Waals surface area contributed by atoms with Crippen LogP contribution >= 0.6 is 0 Å². The molecule has 0 spiro atoms. The van der Waals surface area contributed by atoms with Gasteiger partial charge in [-0.25, -0.2) is 0 Å². The lowest BCUT2D eigenvalue weighted by molar-refractivity contribution is -0.387. The number of unbranched alkanes of at least 4 members (excludes halogenated alkanes) is 4. The molecule has 0 aliphatic carbocycles. The molecular formula is C13H18FNO3. The maximum atomic E-state index is 13.3. The molecule has 1 aromatic carbocycles. The number of hydrogen-bond acceptors (Lipinski definition) is 3. The van der Waals surface area contributed by atoms with Gasteiger partial charge in [0.25, 0.3) is 0 Å². The number of halogens is 1. The monoisotopic (exact) mass is 255 g/mol. The quantitative estimate of drug-likeness (QED) is 0.399. The molecule has 0 fully saturated rings. The van der Waals surface area contributed by atoms with Gasteiger partial charge in [-0.1, -0.05) is 32.6 Å². The van der Waals surface area contributed by atoms with Crippen molar-refractivity contribution in [3.05, 3.63) is 34.1 Å². The molecule has 4 nitrogen and oxygen atoms in total. The molecule has 100 valence electrons. The lowest BCUT2D eigenvalue weighted by Gasteiger charge is -2.06. The zero-order valence-electron chi connectivity index (χ0n) is 10.5. The molecule has 0 N–H and O–H groups in total. The van der Waals surface area contributed by atoms with Crippen LogP contribution in [0.25, 0.3) is 0 Å². The zero-order chi connectivity index (χ0) is 13.4. The smallest absolute Gasteiger partial charge is 0.305 e. The van der Waals surface area contributed by atoms with Crippen molar-refractivity contribution >= 4 is 5.69 Å². The van der Waals surface area contributed by atoms with Crippen LogP contribution in [0, 0.1) is 15.9 Å².